The molecule has 3 nitrogen and oxygen atoms in total. The van der Waals surface area contributed by atoms with Crippen molar-refractivity contribution >= 4 is 69.2 Å². The molecule has 24 heavy (non-hydrogen) atoms. The topological polar surface area (TPSA) is 29.5 Å². The molecular formula is C17H11Cl2NO2S2. The molecule has 1 saturated heterocycles. The number of rotatable bonds is 3. The van der Waals surface area contributed by atoms with E-state index in [1.165, 1.54) is 16.7 Å². The zero-order chi connectivity index (χ0) is 17.3. The smallest absolute Gasteiger partial charge is 0.270 e. The first-order chi connectivity index (χ1) is 11.5. The molecule has 2 aromatic rings. The van der Waals surface area contributed by atoms with Crippen LogP contribution in [0.3, 0.4) is 0 Å². The van der Waals surface area contributed by atoms with Crippen molar-refractivity contribution in [1.29, 1.82) is 0 Å². The molecule has 0 saturated carbocycles. The van der Waals surface area contributed by atoms with E-state index in [0.717, 1.165) is 0 Å². The molecule has 7 heteroatoms. The fourth-order valence-corrected chi connectivity index (χ4v) is 3.99. The third-order valence-corrected chi connectivity index (χ3v) is 5.36. The summed E-state index contributed by atoms with van der Waals surface area (Å²) >= 11 is 18.9. The molecule has 3 rings (SSSR count). The molecule has 0 atom stereocenters. The number of amides is 1. The number of carbonyl (C=O) groups is 1. The van der Waals surface area contributed by atoms with Crippen molar-refractivity contribution in [3.05, 3.63) is 63.0 Å². The lowest BCUT2D eigenvalue weighted by molar-refractivity contribution is -0.113. The number of halogens is 2. The van der Waals surface area contributed by atoms with Gasteiger partial charge in [-0.1, -0.05) is 53.2 Å². The number of thiocarbonyl (C=S) groups is 1. The number of carbonyl (C=O) groups excluding carboxylic acids is 1. The molecule has 0 unspecified atom stereocenters. The number of thioether (sulfide) groups is 1. The molecule has 1 fully saturated rings. The lowest BCUT2D eigenvalue weighted by atomic mass is 10.2. The van der Waals surface area contributed by atoms with Crippen LogP contribution in [0.1, 0.15) is 5.56 Å². The minimum Gasteiger partial charge on any atom is -0.497 e. The first-order valence-corrected chi connectivity index (χ1v) is 8.85. The van der Waals surface area contributed by atoms with E-state index in [0.29, 0.717) is 36.3 Å². The number of hydrogen-bond acceptors (Lipinski definition) is 4. The molecule has 0 aliphatic carbocycles. The fourth-order valence-electron chi connectivity index (χ4n) is 2.20. The zero-order valence-corrected chi connectivity index (χ0v) is 15.6. The Labute approximate surface area is 159 Å². The summed E-state index contributed by atoms with van der Waals surface area (Å²) in [6.45, 7) is 0. The predicted octanol–water partition coefficient (Wildman–Crippen LogP) is 5.41. The van der Waals surface area contributed by atoms with Gasteiger partial charge in [0.05, 0.1) is 17.7 Å². The molecule has 1 aliphatic rings. The molecule has 1 aliphatic heterocycles. The fraction of sp³-hybridized carbons (Fsp3) is 0.0588. The summed E-state index contributed by atoms with van der Waals surface area (Å²) in [5, 5.41) is 0.967. The van der Waals surface area contributed by atoms with Gasteiger partial charge >= 0.3 is 0 Å². The van der Waals surface area contributed by atoms with E-state index in [4.69, 9.17) is 40.2 Å². The SMILES string of the molecule is COc1ccc(N2C(=O)/C(=C/c3c(Cl)cccc3Cl)SC2=S)cc1. The van der Waals surface area contributed by atoms with Crippen LogP contribution in [0.4, 0.5) is 5.69 Å². The summed E-state index contributed by atoms with van der Waals surface area (Å²) in [6.07, 6.45) is 1.67. The van der Waals surface area contributed by atoms with Crippen molar-refractivity contribution in [3.63, 3.8) is 0 Å². The van der Waals surface area contributed by atoms with Gasteiger partial charge in [0, 0.05) is 15.6 Å². The first-order valence-electron chi connectivity index (χ1n) is 6.87. The van der Waals surface area contributed by atoms with E-state index in [-0.39, 0.29) is 5.91 Å². The summed E-state index contributed by atoms with van der Waals surface area (Å²) in [5.41, 5.74) is 1.29. The molecule has 1 amide bonds. The van der Waals surface area contributed by atoms with Crippen LogP contribution in [0.25, 0.3) is 6.08 Å². The molecule has 1 heterocycles. The molecule has 0 radical (unpaired) electrons. The van der Waals surface area contributed by atoms with E-state index in [9.17, 15) is 4.79 Å². The maximum Gasteiger partial charge on any atom is 0.270 e. The second kappa shape index (κ2) is 7.15. The minimum absolute atomic E-state index is 0.203. The molecule has 0 bridgehead atoms. The Morgan fingerprint density at radius 1 is 1.12 bits per heavy atom. The van der Waals surface area contributed by atoms with Crippen LogP contribution in [0, 0.1) is 0 Å². The molecule has 122 valence electrons. The van der Waals surface area contributed by atoms with Crippen molar-refractivity contribution in [3.8, 4) is 5.75 Å². The standard InChI is InChI=1S/C17H11Cl2NO2S2/c1-22-11-7-5-10(6-8-11)20-16(21)15(24-17(20)23)9-12-13(18)3-2-4-14(12)19/h2-9H,1H3/b15-9-. The van der Waals surface area contributed by atoms with Gasteiger partial charge in [0.2, 0.25) is 0 Å². The number of methoxy groups -OCH3 is 1. The van der Waals surface area contributed by atoms with Gasteiger partial charge in [0.1, 0.15) is 5.75 Å². The molecule has 0 aromatic heterocycles. The van der Waals surface area contributed by atoms with Crippen molar-refractivity contribution in [2.75, 3.05) is 12.0 Å². The number of benzene rings is 2. The van der Waals surface area contributed by atoms with Gasteiger partial charge in [-0.2, -0.15) is 0 Å². The Hall–Kier alpha value is -1.53. The number of hydrogen-bond donors (Lipinski definition) is 0. The highest BCUT2D eigenvalue weighted by Crippen LogP contribution is 2.38. The molecule has 2 aromatic carbocycles. The van der Waals surface area contributed by atoms with Gasteiger partial charge < -0.3 is 4.74 Å². The van der Waals surface area contributed by atoms with Crippen LogP contribution < -0.4 is 9.64 Å². The predicted molar refractivity (Wildman–Crippen MR) is 105 cm³/mol. The molecule has 0 spiro atoms. The Morgan fingerprint density at radius 2 is 1.75 bits per heavy atom. The maximum absolute atomic E-state index is 12.7. The number of nitrogens with zero attached hydrogens (tertiary/aromatic N) is 1. The van der Waals surface area contributed by atoms with Gasteiger partial charge in [-0.25, -0.2) is 0 Å². The summed E-state index contributed by atoms with van der Waals surface area (Å²) in [6, 6.07) is 12.3. The van der Waals surface area contributed by atoms with E-state index in [1.807, 2.05) is 0 Å². The van der Waals surface area contributed by atoms with Gasteiger partial charge in [0.25, 0.3) is 5.91 Å². The lowest BCUT2D eigenvalue weighted by Crippen LogP contribution is -2.27. The number of anilines is 1. The normalized spacial score (nSPS) is 16.1. The lowest BCUT2D eigenvalue weighted by Gasteiger charge is -2.14. The summed E-state index contributed by atoms with van der Waals surface area (Å²) in [7, 11) is 1.59. The summed E-state index contributed by atoms with van der Waals surface area (Å²) in [5.74, 6) is 0.508. The minimum atomic E-state index is -0.203. The van der Waals surface area contributed by atoms with Crippen molar-refractivity contribution in [2.24, 2.45) is 0 Å². The summed E-state index contributed by atoms with van der Waals surface area (Å²) < 4.78 is 5.59. The Morgan fingerprint density at radius 3 is 2.33 bits per heavy atom. The van der Waals surface area contributed by atoms with Crippen LogP contribution in [-0.2, 0) is 4.79 Å². The Bertz CT molecular complexity index is 830. The van der Waals surface area contributed by atoms with Crippen LogP contribution in [0.5, 0.6) is 5.75 Å². The highest BCUT2D eigenvalue weighted by Gasteiger charge is 2.33. The number of ether oxygens (including phenoxy) is 1. The highest BCUT2D eigenvalue weighted by molar-refractivity contribution is 8.27. The second-order valence-electron chi connectivity index (χ2n) is 4.85. The van der Waals surface area contributed by atoms with Crippen LogP contribution in [0.2, 0.25) is 10.0 Å². The van der Waals surface area contributed by atoms with Crippen LogP contribution >= 0.6 is 47.2 Å². The van der Waals surface area contributed by atoms with E-state index < -0.39 is 0 Å². The Balaban J connectivity index is 1.95. The average molecular weight is 396 g/mol. The summed E-state index contributed by atoms with van der Waals surface area (Å²) in [4.78, 5) is 14.7. The first kappa shape index (κ1) is 17.3. The second-order valence-corrected chi connectivity index (χ2v) is 7.34. The van der Waals surface area contributed by atoms with Crippen molar-refractivity contribution < 1.29 is 9.53 Å². The van der Waals surface area contributed by atoms with E-state index in [2.05, 4.69) is 0 Å². The molecule has 0 N–H and O–H groups in total. The van der Waals surface area contributed by atoms with Gasteiger partial charge in [-0.3, -0.25) is 9.69 Å². The van der Waals surface area contributed by atoms with Crippen molar-refractivity contribution in [2.45, 2.75) is 0 Å². The molecular weight excluding hydrogens is 385 g/mol. The van der Waals surface area contributed by atoms with Crippen LogP contribution in [0.15, 0.2) is 47.4 Å². The Kier molecular flexibility index (Phi) is 5.15. The average Bonchev–Trinajstić information content (AvgIpc) is 2.85. The largest absolute Gasteiger partial charge is 0.497 e. The van der Waals surface area contributed by atoms with Gasteiger partial charge in [-0.15, -0.1) is 0 Å². The quantitative estimate of drug-likeness (QED) is 0.513. The van der Waals surface area contributed by atoms with E-state index in [1.54, 1.807) is 55.7 Å². The van der Waals surface area contributed by atoms with Crippen molar-refractivity contribution in [1.82, 2.24) is 0 Å². The third kappa shape index (κ3) is 3.30. The zero-order valence-electron chi connectivity index (χ0n) is 12.5. The monoisotopic (exact) mass is 395 g/mol. The third-order valence-electron chi connectivity index (χ3n) is 3.40. The van der Waals surface area contributed by atoms with E-state index >= 15 is 0 Å². The van der Waals surface area contributed by atoms with Crippen LogP contribution in [-0.4, -0.2) is 17.3 Å². The van der Waals surface area contributed by atoms with Gasteiger partial charge in [-0.05, 0) is 42.5 Å². The van der Waals surface area contributed by atoms with Gasteiger partial charge in [0.15, 0.2) is 4.32 Å². The highest BCUT2D eigenvalue weighted by atomic mass is 35.5. The maximum atomic E-state index is 12.7.